The molecule has 2 aromatic heterocycles. The topological polar surface area (TPSA) is 141 Å². The van der Waals surface area contributed by atoms with Gasteiger partial charge in [0, 0.05) is 69.1 Å². The Hall–Kier alpha value is -5.04. The number of rotatable bonds is 8. The number of amides is 2. The number of carbonyl (C=O) groups is 3. The van der Waals surface area contributed by atoms with Gasteiger partial charge >= 0.3 is 12.1 Å². The summed E-state index contributed by atoms with van der Waals surface area (Å²) in [5.74, 6) is -1.53. The minimum Gasteiger partial charge on any atom is -0.465 e. The molecule has 0 aliphatic carbocycles. The molecule has 2 aliphatic heterocycles. The van der Waals surface area contributed by atoms with Crippen LogP contribution in [0.25, 0.3) is 6.08 Å². The number of pyridine rings is 1. The fraction of sp³-hybridized carbons (Fsp3) is 0.447. The van der Waals surface area contributed by atoms with E-state index in [1.54, 1.807) is 58.6 Å². The summed E-state index contributed by atoms with van der Waals surface area (Å²) >= 11 is 0. The van der Waals surface area contributed by atoms with E-state index in [0.717, 1.165) is 5.56 Å². The highest BCUT2D eigenvalue weighted by Gasteiger charge is 2.30. The summed E-state index contributed by atoms with van der Waals surface area (Å²) in [4.78, 5) is 47.6. The van der Waals surface area contributed by atoms with Gasteiger partial charge in [0.25, 0.3) is 0 Å². The van der Waals surface area contributed by atoms with Crippen LogP contribution < -0.4 is 4.90 Å². The van der Waals surface area contributed by atoms with Gasteiger partial charge in [-0.2, -0.15) is 5.10 Å². The van der Waals surface area contributed by atoms with Gasteiger partial charge in [0.05, 0.1) is 18.6 Å². The van der Waals surface area contributed by atoms with Crippen molar-refractivity contribution in [2.75, 3.05) is 31.1 Å². The molecule has 5 rings (SSSR count). The Labute approximate surface area is 297 Å². The molecule has 0 saturated carbocycles. The highest BCUT2D eigenvalue weighted by molar-refractivity contribution is 5.76. The van der Waals surface area contributed by atoms with Gasteiger partial charge in [-0.05, 0) is 78.8 Å². The lowest BCUT2D eigenvalue weighted by Crippen LogP contribution is -2.49. The molecule has 0 bridgehead atoms. The van der Waals surface area contributed by atoms with E-state index in [4.69, 9.17) is 4.74 Å². The lowest BCUT2D eigenvalue weighted by Gasteiger charge is -2.36. The van der Waals surface area contributed by atoms with Crippen LogP contribution in [-0.4, -0.2) is 97.2 Å². The van der Waals surface area contributed by atoms with Crippen molar-refractivity contribution in [3.63, 3.8) is 0 Å². The number of benzene rings is 1. The van der Waals surface area contributed by atoms with Gasteiger partial charge in [-0.3, -0.25) is 24.2 Å². The van der Waals surface area contributed by atoms with Crippen molar-refractivity contribution in [1.29, 1.82) is 0 Å². The molecular formula is C38H47FN6O6. The van der Waals surface area contributed by atoms with E-state index in [9.17, 15) is 24.6 Å². The second-order valence-electron chi connectivity index (χ2n) is 13.5. The number of esters is 1. The Balaban J connectivity index is 1.35. The van der Waals surface area contributed by atoms with Crippen LogP contribution in [0.3, 0.4) is 0 Å². The summed E-state index contributed by atoms with van der Waals surface area (Å²) in [5, 5.41) is 25.1. The molecule has 272 valence electrons. The monoisotopic (exact) mass is 702 g/mol. The normalized spacial score (nSPS) is 24.2. The smallest absolute Gasteiger partial charge is 0.408 e. The quantitative estimate of drug-likeness (QED) is 0.245. The van der Waals surface area contributed by atoms with Crippen LogP contribution in [0.15, 0.2) is 78.9 Å². The Kier molecular flexibility index (Phi) is 12.6. The second-order valence-corrected chi connectivity index (χ2v) is 13.5. The number of halogens is 1. The highest BCUT2D eigenvalue weighted by atomic mass is 19.1. The first kappa shape index (κ1) is 37.2. The lowest BCUT2D eigenvalue weighted by atomic mass is 9.89. The summed E-state index contributed by atoms with van der Waals surface area (Å²) < 4.78 is 22.6. The van der Waals surface area contributed by atoms with Gasteiger partial charge < -0.3 is 24.7 Å². The molecule has 3 aromatic rings. The zero-order chi connectivity index (χ0) is 36.5. The van der Waals surface area contributed by atoms with Gasteiger partial charge in [0.1, 0.15) is 18.5 Å². The maximum absolute atomic E-state index is 15.0. The van der Waals surface area contributed by atoms with Crippen molar-refractivity contribution >= 4 is 29.7 Å². The number of nitrogens with zero attached hydrogens (tertiary/aromatic N) is 6. The van der Waals surface area contributed by atoms with E-state index in [0.29, 0.717) is 55.8 Å². The van der Waals surface area contributed by atoms with Crippen molar-refractivity contribution in [2.45, 2.75) is 71.4 Å². The zero-order valence-electron chi connectivity index (χ0n) is 29.3. The van der Waals surface area contributed by atoms with Crippen LogP contribution in [-0.2, 0) is 27.4 Å². The van der Waals surface area contributed by atoms with Crippen LogP contribution in [0.2, 0.25) is 0 Å². The Bertz CT molecular complexity index is 1690. The molecule has 1 aromatic carbocycles. The van der Waals surface area contributed by atoms with Gasteiger partial charge in [-0.1, -0.05) is 32.1 Å². The summed E-state index contributed by atoms with van der Waals surface area (Å²) in [6.45, 7) is 8.03. The highest BCUT2D eigenvalue weighted by Crippen LogP contribution is 2.28. The number of aliphatic hydroxyl groups is 1. The minimum atomic E-state index is -1.07. The first-order valence-electron chi connectivity index (χ1n) is 17.4. The molecule has 12 nitrogen and oxygen atoms in total. The number of piperazine rings is 1. The predicted octanol–water partition coefficient (Wildman–Crippen LogP) is 5.00. The molecule has 51 heavy (non-hydrogen) atoms. The molecule has 2 N–H and O–H groups in total. The van der Waals surface area contributed by atoms with Gasteiger partial charge in [-0.25, -0.2) is 9.18 Å². The molecule has 0 radical (unpaired) electrons. The molecule has 1 fully saturated rings. The molecule has 4 heterocycles. The standard InChI is InChI=1S/C38H47FN6O6/c1-26-5-7-33(46)23-36(48)51-37(27(2)6-8-34(26)45(38(49)50)24-29-9-12-40-13-10-29)28(3)19-30-20-31(39)22-32(21-30)42-15-17-43(18-16-42)35(47)25-44-14-4-11-41-44/h4,6,8-14,19-22,26-27,33-34,37,46H,5,7,15-18,23-25H2,1-3H3,(H,49,50)/b8-6+,28-19+/t26-,27-,33+,34-,37-/m0/s1. The Morgan fingerprint density at radius 3 is 2.49 bits per heavy atom. The number of carbonyl (C=O) groups excluding carboxylic acids is 2. The third kappa shape index (κ3) is 10.3. The largest absolute Gasteiger partial charge is 0.465 e. The number of aliphatic hydroxyl groups excluding tert-OH is 1. The first-order chi connectivity index (χ1) is 24.5. The first-order valence-corrected chi connectivity index (χ1v) is 17.4. The van der Waals surface area contributed by atoms with E-state index in [2.05, 4.69) is 10.1 Å². The average Bonchev–Trinajstić information content (AvgIpc) is 3.62. The fourth-order valence-electron chi connectivity index (χ4n) is 6.76. The third-order valence-corrected chi connectivity index (χ3v) is 9.60. The number of anilines is 1. The van der Waals surface area contributed by atoms with Crippen LogP contribution in [0, 0.1) is 17.7 Å². The third-order valence-electron chi connectivity index (χ3n) is 9.60. The maximum Gasteiger partial charge on any atom is 0.408 e. The van der Waals surface area contributed by atoms with Gasteiger partial charge in [0.15, 0.2) is 0 Å². The minimum absolute atomic E-state index is 0.0238. The maximum atomic E-state index is 15.0. The average molecular weight is 703 g/mol. The van der Waals surface area contributed by atoms with Crippen LogP contribution in [0.1, 0.15) is 51.2 Å². The van der Waals surface area contributed by atoms with Crippen LogP contribution in [0.5, 0.6) is 0 Å². The van der Waals surface area contributed by atoms with Crippen LogP contribution >= 0.6 is 0 Å². The summed E-state index contributed by atoms with van der Waals surface area (Å²) in [6.07, 6.45) is 9.97. The number of ether oxygens (including phenoxy) is 1. The second kappa shape index (κ2) is 17.3. The van der Waals surface area contributed by atoms with Crippen molar-refractivity contribution < 1.29 is 33.7 Å². The molecule has 0 unspecified atom stereocenters. The van der Waals surface area contributed by atoms with Crippen molar-refractivity contribution in [2.24, 2.45) is 11.8 Å². The predicted molar refractivity (Wildman–Crippen MR) is 190 cm³/mol. The summed E-state index contributed by atoms with van der Waals surface area (Å²) in [7, 11) is 0. The Morgan fingerprint density at radius 1 is 1.06 bits per heavy atom. The number of hydrogen-bond donors (Lipinski definition) is 2. The van der Waals surface area contributed by atoms with E-state index in [1.165, 1.54) is 17.0 Å². The van der Waals surface area contributed by atoms with Crippen molar-refractivity contribution in [1.82, 2.24) is 24.6 Å². The molecule has 2 amide bonds. The van der Waals surface area contributed by atoms with E-state index in [1.807, 2.05) is 43.9 Å². The SMILES string of the molecule is C/C(=C\c1cc(F)cc(N2CCN(C(=O)Cn3cccn3)CC2)c1)[C@H]1OC(=O)C[C@H](O)CC[C@H](C)[C@@H](N(Cc2ccncc2)C(=O)O)/C=C/[C@@H]1C. The van der Waals surface area contributed by atoms with E-state index >= 15 is 4.39 Å². The van der Waals surface area contributed by atoms with Crippen molar-refractivity contribution in [3.8, 4) is 0 Å². The number of aromatic nitrogens is 3. The molecule has 5 atom stereocenters. The molecule has 2 aliphatic rings. The fourth-order valence-corrected chi connectivity index (χ4v) is 6.76. The summed E-state index contributed by atoms with van der Waals surface area (Å²) in [5.41, 5.74) is 2.72. The van der Waals surface area contributed by atoms with Gasteiger partial charge in [-0.15, -0.1) is 0 Å². The van der Waals surface area contributed by atoms with Crippen LogP contribution in [0.4, 0.5) is 14.9 Å². The Morgan fingerprint density at radius 2 is 1.80 bits per heavy atom. The molecular weight excluding hydrogens is 655 g/mol. The molecule has 13 heteroatoms. The number of carboxylic acid groups (broad SMARTS) is 1. The van der Waals surface area contributed by atoms with E-state index in [-0.39, 0.29) is 37.3 Å². The zero-order valence-corrected chi connectivity index (χ0v) is 29.3. The lowest BCUT2D eigenvalue weighted by molar-refractivity contribution is -0.151. The number of hydrogen-bond acceptors (Lipinski definition) is 8. The molecule has 0 spiro atoms. The van der Waals surface area contributed by atoms with E-state index < -0.39 is 36.1 Å². The molecule has 1 saturated heterocycles. The number of cyclic esters (lactones) is 1. The van der Waals surface area contributed by atoms with Crippen molar-refractivity contribution in [3.05, 3.63) is 95.9 Å². The summed E-state index contributed by atoms with van der Waals surface area (Å²) in [6, 6.07) is 9.57. The van der Waals surface area contributed by atoms with Gasteiger partial charge in [0.2, 0.25) is 5.91 Å².